The maximum atomic E-state index is 6.12. The van der Waals surface area contributed by atoms with Crippen molar-refractivity contribution in [3.05, 3.63) is 69.2 Å². The Kier molecular flexibility index (Phi) is 5.26. The molecule has 1 N–H and O–H groups in total. The lowest BCUT2D eigenvalue weighted by Gasteiger charge is -2.09. The third-order valence-corrected chi connectivity index (χ3v) is 3.76. The van der Waals surface area contributed by atoms with Crippen molar-refractivity contribution in [3.8, 4) is 0 Å². The normalized spacial score (nSPS) is 10.7. The fourth-order valence-corrected chi connectivity index (χ4v) is 2.39. The Labute approximate surface area is 124 Å². The van der Waals surface area contributed by atoms with E-state index < -0.39 is 0 Å². The van der Waals surface area contributed by atoms with E-state index in [2.05, 4.69) is 36.5 Å². The van der Waals surface area contributed by atoms with Crippen molar-refractivity contribution in [2.24, 2.45) is 0 Å². The lowest BCUT2D eigenvalue weighted by molar-refractivity contribution is 0.686. The van der Waals surface area contributed by atoms with E-state index in [1.54, 1.807) is 6.07 Å². The van der Waals surface area contributed by atoms with Crippen LogP contribution >= 0.6 is 23.2 Å². The van der Waals surface area contributed by atoms with E-state index in [4.69, 9.17) is 23.2 Å². The predicted octanol–water partition coefficient (Wildman–Crippen LogP) is 4.63. The smallest absolute Gasteiger partial charge is 0.0451 e. The summed E-state index contributed by atoms with van der Waals surface area (Å²) in [4.78, 5) is 0. The van der Waals surface area contributed by atoms with E-state index >= 15 is 0 Å². The molecule has 0 aliphatic heterocycles. The highest BCUT2D eigenvalue weighted by Crippen LogP contribution is 2.20. The largest absolute Gasteiger partial charge is 0.312 e. The van der Waals surface area contributed by atoms with Crippen LogP contribution < -0.4 is 5.32 Å². The molecule has 0 aromatic heterocycles. The molecule has 0 aliphatic rings. The molecule has 0 bridgehead atoms. The molecule has 0 unspecified atom stereocenters. The van der Waals surface area contributed by atoms with Crippen LogP contribution in [0.3, 0.4) is 0 Å². The van der Waals surface area contributed by atoms with Gasteiger partial charge in [0.2, 0.25) is 0 Å². The topological polar surface area (TPSA) is 12.0 Å². The second-order valence-corrected chi connectivity index (χ2v) is 5.43. The molecule has 0 amide bonds. The van der Waals surface area contributed by atoms with Crippen LogP contribution in [0.2, 0.25) is 10.0 Å². The summed E-state index contributed by atoms with van der Waals surface area (Å²) in [6, 6.07) is 14.0. The van der Waals surface area contributed by atoms with Crippen LogP contribution in [-0.4, -0.2) is 6.54 Å². The van der Waals surface area contributed by atoms with Crippen molar-refractivity contribution in [1.82, 2.24) is 5.32 Å². The number of halogens is 2. The van der Waals surface area contributed by atoms with Crippen molar-refractivity contribution in [2.45, 2.75) is 19.9 Å². The number of rotatable bonds is 5. The zero-order valence-corrected chi connectivity index (χ0v) is 12.4. The summed E-state index contributed by atoms with van der Waals surface area (Å²) >= 11 is 12.1. The van der Waals surface area contributed by atoms with Gasteiger partial charge in [0.25, 0.3) is 0 Å². The molecule has 0 spiro atoms. The Morgan fingerprint density at radius 1 is 1.00 bits per heavy atom. The third-order valence-electron chi connectivity index (χ3n) is 3.16. The molecule has 0 atom stereocenters. The van der Waals surface area contributed by atoms with E-state index in [1.807, 2.05) is 12.1 Å². The second-order valence-electron chi connectivity index (χ2n) is 4.59. The quantitative estimate of drug-likeness (QED) is 0.792. The average Bonchev–Trinajstić information content (AvgIpc) is 2.40. The van der Waals surface area contributed by atoms with E-state index in [-0.39, 0.29) is 0 Å². The number of benzene rings is 2. The minimum Gasteiger partial charge on any atom is -0.312 e. The van der Waals surface area contributed by atoms with Gasteiger partial charge >= 0.3 is 0 Å². The van der Waals surface area contributed by atoms with Crippen molar-refractivity contribution in [2.75, 3.05) is 6.54 Å². The van der Waals surface area contributed by atoms with Crippen LogP contribution in [0.15, 0.2) is 42.5 Å². The number of hydrogen-bond acceptors (Lipinski definition) is 1. The van der Waals surface area contributed by atoms with Gasteiger partial charge in [-0.1, -0.05) is 47.5 Å². The summed E-state index contributed by atoms with van der Waals surface area (Å²) in [6.07, 6.45) is 1.02. The number of hydrogen-bond donors (Lipinski definition) is 1. The summed E-state index contributed by atoms with van der Waals surface area (Å²) < 4.78 is 0. The monoisotopic (exact) mass is 293 g/mol. The van der Waals surface area contributed by atoms with Gasteiger partial charge < -0.3 is 5.32 Å². The maximum Gasteiger partial charge on any atom is 0.0451 e. The van der Waals surface area contributed by atoms with Crippen LogP contribution in [0.4, 0.5) is 0 Å². The van der Waals surface area contributed by atoms with E-state index in [0.717, 1.165) is 35.1 Å². The maximum absolute atomic E-state index is 6.12. The highest BCUT2D eigenvalue weighted by molar-refractivity contribution is 6.33. The molecule has 3 heteroatoms. The molecule has 2 rings (SSSR count). The van der Waals surface area contributed by atoms with Crippen LogP contribution in [0, 0.1) is 6.92 Å². The zero-order valence-electron chi connectivity index (χ0n) is 10.9. The number of aryl methyl sites for hydroxylation is 1. The Balaban J connectivity index is 1.84. The molecule has 100 valence electrons. The summed E-state index contributed by atoms with van der Waals surface area (Å²) in [5, 5.41) is 4.88. The zero-order chi connectivity index (χ0) is 13.7. The molecule has 2 aromatic carbocycles. The fraction of sp³-hybridized carbons (Fsp3) is 0.250. The summed E-state index contributed by atoms with van der Waals surface area (Å²) in [6.45, 7) is 3.81. The minimum absolute atomic E-state index is 0.722. The Morgan fingerprint density at radius 3 is 2.58 bits per heavy atom. The molecule has 0 fully saturated rings. The molecule has 0 radical (unpaired) electrons. The van der Waals surface area contributed by atoms with Crippen LogP contribution in [0.1, 0.15) is 16.7 Å². The molecule has 2 aromatic rings. The minimum atomic E-state index is 0.722. The van der Waals surface area contributed by atoms with Crippen molar-refractivity contribution in [1.29, 1.82) is 0 Å². The van der Waals surface area contributed by atoms with Gasteiger partial charge in [-0.15, -0.1) is 0 Å². The summed E-state index contributed by atoms with van der Waals surface area (Å²) in [5.41, 5.74) is 3.76. The molecule has 19 heavy (non-hydrogen) atoms. The predicted molar refractivity (Wildman–Crippen MR) is 83.1 cm³/mol. The van der Waals surface area contributed by atoms with Gasteiger partial charge in [-0.2, -0.15) is 0 Å². The third kappa shape index (κ3) is 4.24. The molecule has 1 nitrogen and oxygen atoms in total. The van der Waals surface area contributed by atoms with Crippen molar-refractivity contribution < 1.29 is 0 Å². The fourth-order valence-electron chi connectivity index (χ4n) is 2.02. The Morgan fingerprint density at radius 2 is 1.79 bits per heavy atom. The van der Waals surface area contributed by atoms with E-state index in [1.165, 1.54) is 11.1 Å². The molecular weight excluding hydrogens is 277 g/mol. The first-order valence-corrected chi connectivity index (χ1v) is 7.11. The molecule has 0 saturated carbocycles. The second kappa shape index (κ2) is 6.95. The molecular formula is C16H17Cl2N. The summed E-state index contributed by atoms with van der Waals surface area (Å²) in [5.74, 6) is 0. The van der Waals surface area contributed by atoms with Gasteiger partial charge in [0, 0.05) is 16.6 Å². The van der Waals surface area contributed by atoms with Crippen LogP contribution in [-0.2, 0) is 13.0 Å². The lowest BCUT2D eigenvalue weighted by atomic mass is 10.1. The SMILES string of the molecule is Cc1ccccc1CCNCc1cc(Cl)ccc1Cl. The van der Waals surface area contributed by atoms with Gasteiger partial charge in [-0.25, -0.2) is 0 Å². The number of nitrogens with one attached hydrogen (secondary N) is 1. The van der Waals surface area contributed by atoms with Crippen LogP contribution in [0.25, 0.3) is 0 Å². The van der Waals surface area contributed by atoms with Crippen LogP contribution in [0.5, 0.6) is 0 Å². The van der Waals surface area contributed by atoms with Gasteiger partial charge in [-0.3, -0.25) is 0 Å². The first-order valence-electron chi connectivity index (χ1n) is 6.36. The molecule has 0 aliphatic carbocycles. The van der Waals surface area contributed by atoms with Gasteiger partial charge in [0.15, 0.2) is 0 Å². The van der Waals surface area contributed by atoms with E-state index in [9.17, 15) is 0 Å². The highest BCUT2D eigenvalue weighted by Gasteiger charge is 2.01. The van der Waals surface area contributed by atoms with E-state index in [0.29, 0.717) is 0 Å². The lowest BCUT2D eigenvalue weighted by Crippen LogP contribution is -2.17. The van der Waals surface area contributed by atoms with Gasteiger partial charge in [0.05, 0.1) is 0 Å². The first-order chi connectivity index (χ1) is 9.16. The Bertz CT molecular complexity index is 552. The highest BCUT2D eigenvalue weighted by atomic mass is 35.5. The van der Waals surface area contributed by atoms with Crippen molar-refractivity contribution >= 4 is 23.2 Å². The Hall–Kier alpha value is -1.02. The molecule has 0 heterocycles. The summed E-state index contributed by atoms with van der Waals surface area (Å²) in [7, 11) is 0. The van der Waals surface area contributed by atoms with Gasteiger partial charge in [-0.05, 0) is 54.8 Å². The standard InChI is InChI=1S/C16H17Cl2N/c1-12-4-2-3-5-13(12)8-9-19-11-14-10-15(17)6-7-16(14)18/h2-7,10,19H,8-9,11H2,1H3. The average molecular weight is 294 g/mol. The van der Waals surface area contributed by atoms with Gasteiger partial charge in [0.1, 0.15) is 0 Å². The van der Waals surface area contributed by atoms with Crippen molar-refractivity contribution in [3.63, 3.8) is 0 Å². The molecule has 0 saturated heterocycles. The first kappa shape index (κ1) is 14.4.